The van der Waals surface area contributed by atoms with Gasteiger partial charge in [-0.15, -0.1) is 0 Å². The normalized spacial score (nSPS) is 19.5. The molecule has 0 radical (unpaired) electrons. The minimum atomic E-state index is -1.04. The molecule has 1 atom stereocenters. The van der Waals surface area contributed by atoms with Gasteiger partial charge in [-0.05, 0) is 55.1 Å². The summed E-state index contributed by atoms with van der Waals surface area (Å²) in [7, 11) is 2.12. The molecule has 0 saturated carbocycles. The number of hydrogen-bond acceptors (Lipinski definition) is 6. The number of carbonyl (C=O) groups is 1. The van der Waals surface area contributed by atoms with E-state index in [0.29, 0.717) is 31.6 Å². The van der Waals surface area contributed by atoms with Crippen molar-refractivity contribution in [2.45, 2.75) is 37.8 Å². The first-order chi connectivity index (χ1) is 17.3. The molecule has 2 aliphatic heterocycles. The summed E-state index contributed by atoms with van der Waals surface area (Å²) in [4.78, 5) is 17.4. The summed E-state index contributed by atoms with van der Waals surface area (Å²) in [6.45, 7) is 5.76. The first-order valence-electron chi connectivity index (χ1n) is 12.5. The molecule has 0 bridgehead atoms. The number of nitrogens with two attached hydrogens (primary N) is 1. The molecule has 0 unspecified atom stereocenters. The van der Waals surface area contributed by atoms with Gasteiger partial charge in [0.2, 0.25) is 0 Å². The average Bonchev–Trinajstić information content (AvgIpc) is 2.87. The molecule has 8 heteroatoms. The fourth-order valence-corrected chi connectivity index (χ4v) is 4.88. The van der Waals surface area contributed by atoms with Gasteiger partial charge in [0.1, 0.15) is 11.6 Å². The fourth-order valence-electron chi connectivity index (χ4n) is 4.88. The van der Waals surface area contributed by atoms with Crippen LogP contribution in [0.25, 0.3) is 11.1 Å². The lowest BCUT2D eigenvalue weighted by atomic mass is 9.81. The van der Waals surface area contributed by atoms with E-state index < -0.39 is 23.1 Å². The van der Waals surface area contributed by atoms with E-state index in [0.717, 1.165) is 43.9 Å². The number of Topliss-reactive ketones (excluding diaryl/α,β-unsaturated/α-hetero) is 1. The van der Waals surface area contributed by atoms with Crippen LogP contribution in [0.15, 0.2) is 36.4 Å². The lowest BCUT2D eigenvalue weighted by Gasteiger charge is -2.32. The molecule has 2 heterocycles. The van der Waals surface area contributed by atoms with Crippen molar-refractivity contribution in [3.8, 4) is 17.2 Å². The Morgan fingerprint density at radius 3 is 2.28 bits per heavy atom. The number of hydrogen-bond donors (Lipinski definition) is 1. The Bertz CT molecular complexity index is 1080. The van der Waals surface area contributed by atoms with Crippen LogP contribution in [0.3, 0.4) is 0 Å². The monoisotopic (exact) mass is 496 g/mol. The Kier molecular flexibility index (Phi) is 8.47. The predicted octanol–water partition coefficient (Wildman–Crippen LogP) is 3.53. The molecule has 2 aliphatic rings. The summed E-state index contributed by atoms with van der Waals surface area (Å²) in [5.74, 6) is -2.54. The van der Waals surface area contributed by atoms with Crippen LogP contribution < -0.4 is 5.73 Å². The summed E-state index contributed by atoms with van der Waals surface area (Å²) >= 11 is 0. The molecule has 0 aromatic heterocycles. The Morgan fingerprint density at radius 2 is 1.69 bits per heavy atom. The molecular formula is C28H34F2N4O2. The van der Waals surface area contributed by atoms with Crippen molar-refractivity contribution in [1.82, 2.24) is 9.80 Å². The molecule has 0 aliphatic carbocycles. The lowest BCUT2D eigenvalue weighted by Crippen LogP contribution is -2.52. The van der Waals surface area contributed by atoms with E-state index in [1.165, 1.54) is 12.1 Å². The highest BCUT2D eigenvalue weighted by Crippen LogP contribution is 2.29. The van der Waals surface area contributed by atoms with Crippen LogP contribution >= 0.6 is 0 Å². The third-order valence-electron chi connectivity index (χ3n) is 7.44. The number of benzene rings is 2. The van der Waals surface area contributed by atoms with E-state index in [-0.39, 0.29) is 24.2 Å². The maximum Gasteiger partial charge on any atom is 0.154 e. The second-order valence-corrected chi connectivity index (χ2v) is 10.1. The van der Waals surface area contributed by atoms with E-state index in [1.807, 2.05) is 30.3 Å². The molecule has 2 aromatic carbocycles. The van der Waals surface area contributed by atoms with Crippen LogP contribution in [0.1, 0.15) is 30.4 Å². The number of halogens is 2. The van der Waals surface area contributed by atoms with Crippen LogP contribution in [0.2, 0.25) is 0 Å². The van der Waals surface area contributed by atoms with Crippen molar-refractivity contribution < 1.29 is 18.3 Å². The summed E-state index contributed by atoms with van der Waals surface area (Å²) in [5.41, 5.74) is 7.32. The first-order valence-corrected chi connectivity index (χ1v) is 12.5. The van der Waals surface area contributed by atoms with Gasteiger partial charge in [-0.1, -0.05) is 24.3 Å². The molecule has 2 saturated heterocycles. The largest absolute Gasteiger partial charge is 0.381 e. The molecule has 2 N–H and O–H groups in total. The van der Waals surface area contributed by atoms with Crippen LogP contribution in [0.4, 0.5) is 8.78 Å². The average molecular weight is 497 g/mol. The molecule has 0 amide bonds. The van der Waals surface area contributed by atoms with Gasteiger partial charge in [-0.2, -0.15) is 5.26 Å². The highest BCUT2D eigenvalue weighted by Gasteiger charge is 2.36. The zero-order chi connectivity index (χ0) is 25.7. The minimum absolute atomic E-state index is 0.137. The van der Waals surface area contributed by atoms with Crippen LogP contribution in [0, 0.1) is 28.9 Å². The highest BCUT2D eigenvalue weighted by molar-refractivity contribution is 5.88. The maximum atomic E-state index is 15.0. The van der Waals surface area contributed by atoms with Crippen LogP contribution in [0.5, 0.6) is 0 Å². The first kappa shape index (κ1) is 26.4. The maximum absolute atomic E-state index is 15.0. The van der Waals surface area contributed by atoms with Crippen LogP contribution in [-0.4, -0.2) is 67.6 Å². The van der Waals surface area contributed by atoms with Crippen molar-refractivity contribution in [1.29, 1.82) is 5.26 Å². The van der Waals surface area contributed by atoms with E-state index >= 15 is 0 Å². The Labute approximate surface area is 211 Å². The fraction of sp³-hybridized carbons (Fsp3) is 0.500. The summed E-state index contributed by atoms with van der Waals surface area (Å²) in [6, 6.07) is 12.4. The molecule has 36 heavy (non-hydrogen) atoms. The van der Waals surface area contributed by atoms with Gasteiger partial charge in [0, 0.05) is 57.9 Å². The van der Waals surface area contributed by atoms with Gasteiger partial charge in [0.25, 0.3) is 0 Å². The van der Waals surface area contributed by atoms with Crippen molar-refractivity contribution >= 4 is 5.78 Å². The van der Waals surface area contributed by atoms with Gasteiger partial charge < -0.3 is 15.4 Å². The molecule has 4 rings (SSSR count). The summed E-state index contributed by atoms with van der Waals surface area (Å²) in [6.07, 6.45) is 0.449. The zero-order valence-electron chi connectivity index (χ0n) is 20.8. The summed E-state index contributed by atoms with van der Waals surface area (Å²) < 4.78 is 35.3. The molecule has 2 fully saturated rings. The molecular weight excluding hydrogens is 462 g/mol. The standard InChI is InChI=1S/C28H34F2N4O2/c1-33-8-10-34(11-9-33)19-20-2-4-22(5-3-20)23-16-25(29)24(26(30)17-23)14-21(18-31)15-27(35)28(32)6-12-36-13-7-28/h2-5,16-17,21H,6-15,19,32H2,1H3/t21-/m1/s1. The number of ketones is 1. The molecule has 0 spiro atoms. The van der Waals surface area contributed by atoms with E-state index in [9.17, 15) is 18.8 Å². The molecule has 192 valence electrons. The van der Waals surface area contributed by atoms with E-state index in [1.54, 1.807) is 0 Å². The van der Waals surface area contributed by atoms with Gasteiger partial charge in [0.05, 0.1) is 17.5 Å². The van der Waals surface area contributed by atoms with Crippen molar-refractivity contribution in [2.24, 2.45) is 11.7 Å². The topological polar surface area (TPSA) is 82.6 Å². The number of piperazine rings is 1. The summed E-state index contributed by atoms with van der Waals surface area (Å²) in [5, 5.41) is 9.57. The third-order valence-corrected chi connectivity index (χ3v) is 7.44. The SMILES string of the molecule is CN1CCN(Cc2ccc(-c3cc(F)c(C[C@@H](C#N)CC(=O)C4(N)CCOCC4)c(F)c3)cc2)CC1. The predicted molar refractivity (Wildman–Crippen MR) is 134 cm³/mol. The van der Waals surface area contributed by atoms with Gasteiger partial charge in [-0.25, -0.2) is 8.78 Å². The van der Waals surface area contributed by atoms with Crippen molar-refractivity contribution in [3.05, 3.63) is 59.2 Å². The quantitative estimate of drug-likeness (QED) is 0.602. The van der Waals surface area contributed by atoms with Crippen LogP contribution in [-0.2, 0) is 22.5 Å². The van der Waals surface area contributed by atoms with Crippen molar-refractivity contribution in [2.75, 3.05) is 46.4 Å². The Morgan fingerprint density at radius 1 is 1.08 bits per heavy atom. The van der Waals surface area contributed by atoms with Gasteiger partial charge >= 0.3 is 0 Å². The third kappa shape index (κ3) is 6.34. The number of ether oxygens (including phenoxy) is 1. The van der Waals surface area contributed by atoms with Gasteiger partial charge in [-0.3, -0.25) is 9.69 Å². The second-order valence-electron chi connectivity index (χ2n) is 10.1. The Hall–Kier alpha value is -2.70. The highest BCUT2D eigenvalue weighted by atomic mass is 19.1. The van der Waals surface area contributed by atoms with E-state index in [4.69, 9.17) is 10.5 Å². The number of likely N-dealkylation sites (N-methyl/N-ethyl adjacent to an activating group) is 1. The lowest BCUT2D eigenvalue weighted by molar-refractivity contribution is -0.128. The molecule has 6 nitrogen and oxygen atoms in total. The second kappa shape index (κ2) is 11.6. The van der Waals surface area contributed by atoms with Gasteiger partial charge in [0.15, 0.2) is 5.78 Å². The number of nitrogens with zero attached hydrogens (tertiary/aromatic N) is 3. The number of carbonyl (C=O) groups excluding carboxylic acids is 1. The van der Waals surface area contributed by atoms with Crippen molar-refractivity contribution in [3.63, 3.8) is 0 Å². The smallest absolute Gasteiger partial charge is 0.154 e. The Balaban J connectivity index is 1.41. The molecule has 2 aromatic rings. The number of nitriles is 1. The van der Waals surface area contributed by atoms with E-state index in [2.05, 4.69) is 16.8 Å². The zero-order valence-corrected chi connectivity index (χ0v) is 20.8. The minimum Gasteiger partial charge on any atom is -0.381 e. The number of rotatable bonds is 8.